The van der Waals surface area contributed by atoms with Gasteiger partial charge in [-0.2, -0.15) is 0 Å². The van der Waals surface area contributed by atoms with Gasteiger partial charge in [0, 0.05) is 32.6 Å². The largest absolute Gasteiger partial charge is 0.384 e. The number of carbonyl (C=O) groups is 2. The van der Waals surface area contributed by atoms with Gasteiger partial charge in [0.05, 0.1) is 4.75 Å². The Bertz CT molecular complexity index is 379. The first kappa shape index (κ1) is 15.6. The fraction of sp³-hybridized carbons (Fsp3) is 0.857. The van der Waals surface area contributed by atoms with E-state index in [0.717, 1.165) is 32.5 Å². The Morgan fingerprint density at radius 1 is 1.45 bits per heavy atom. The second-order valence-corrected chi connectivity index (χ2v) is 7.71. The number of nitrogens with zero attached hydrogens (tertiary/aromatic N) is 1. The van der Waals surface area contributed by atoms with Gasteiger partial charge in [-0.1, -0.05) is 0 Å². The van der Waals surface area contributed by atoms with E-state index in [2.05, 4.69) is 5.32 Å². The van der Waals surface area contributed by atoms with E-state index in [4.69, 9.17) is 4.74 Å². The lowest BCUT2D eigenvalue weighted by molar-refractivity contribution is -0.137. The van der Waals surface area contributed by atoms with Crippen LogP contribution in [0.5, 0.6) is 0 Å². The lowest BCUT2D eigenvalue weighted by atomic mass is 9.97. The van der Waals surface area contributed by atoms with Crippen LogP contribution in [-0.4, -0.2) is 60.1 Å². The average molecular weight is 300 g/mol. The second kappa shape index (κ2) is 6.35. The van der Waals surface area contributed by atoms with Crippen molar-refractivity contribution >= 4 is 23.6 Å². The first-order chi connectivity index (χ1) is 9.44. The summed E-state index contributed by atoms with van der Waals surface area (Å²) in [7, 11) is 1.72. The van der Waals surface area contributed by atoms with E-state index in [1.165, 1.54) is 0 Å². The minimum atomic E-state index is -0.428. The highest BCUT2D eigenvalue weighted by molar-refractivity contribution is 8.01. The van der Waals surface area contributed by atoms with Gasteiger partial charge in [0.25, 0.3) is 0 Å². The molecule has 2 heterocycles. The maximum Gasteiger partial charge on any atom is 0.246 e. The number of hydrogen-bond acceptors (Lipinski definition) is 4. The number of amides is 2. The molecule has 114 valence electrons. The van der Waals surface area contributed by atoms with E-state index in [0.29, 0.717) is 11.7 Å². The Kier molecular flexibility index (Phi) is 4.96. The Hall–Kier alpha value is -0.750. The molecule has 5 nitrogen and oxygen atoms in total. The Morgan fingerprint density at radius 3 is 2.65 bits per heavy atom. The molecule has 1 atom stereocenters. The molecular weight excluding hydrogens is 276 g/mol. The number of piperidine rings is 1. The van der Waals surface area contributed by atoms with Crippen LogP contribution in [0.1, 0.15) is 26.7 Å². The van der Waals surface area contributed by atoms with Gasteiger partial charge in [0.15, 0.2) is 0 Å². The first-order valence-electron chi connectivity index (χ1n) is 7.16. The van der Waals surface area contributed by atoms with E-state index >= 15 is 0 Å². The number of likely N-dealkylation sites (tertiary alicyclic amines) is 1. The summed E-state index contributed by atoms with van der Waals surface area (Å²) in [6, 6.07) is -0.362. The van der Waals surface area contributed by atoms with Crippen LogP contribution in [-0.2, 0) is 14.3 Å². The van der Waals surface area contributed by atoms with Crippen LogP contribution in [0.25, 0.3) is 0 Å². The maximum absolute atomic E-state index is 12.4. The fourth-order valence-corrected chi connectivity index (χ4v) is 3.64. The Morgan fingerprint density at radius 2 is 2.10 bits per heavy atom. The summed E-state index contributed by atoms with van der Waals surface area (Å²) in [5.74, 6) is 1.24. The number of carbonyl (C=O) groups excluding carboxylic acids is 2. The molecule has 1 N–H and O–H groups in total. The van der Waals surface area contributed by atoms with Gasteiger partial charge >= 0.3 is 0 Å². The highest BCUT2D eigenvalue weighted by Gasteiger charge is 2.39. The third kappa shape index (κ3) is 3.47. The zero-order valence-corrected chi connectivity index (χ0v) is 13.3. The first-order valence-corrected chi connectivity index (χ1v) is 8.15. The third-order valence-corrected chi connectivity index (χ3v) is 5.50. The topological polar surface area (TPSA) is 58.6 Å². The van der Waals surface area contributed by atoms with Gasteiger partial charge in [-0.05, 0) is 32.6 Å². The smallest absolute Gasteiger partial charge is 0.246 e. The van der Waals surface area contributed by atoms with Gasteiger partial charge < -0.3 is 15.0 Å². The predicted octanol–water partition coefficient (Wildman–Crippen LogP) is 0.882. The summed E-state index contributed by atoms with van der Waals surface area (Å²) in [5, 5.41) is 2.86. The number of thioether (sulfide) groups is 1. The maximum atomic E-state index is 12.4. The highest BCUT2D eigenvalue weighted by Crippen LogP contribution is 2.30. The van der Waals surface area contributed by atoms with Crippen LogP contribution >= 0.6 is 11.8 Å². The van der Waals surface area contributed by atoms with Crippen molar-refractivity contribution in [3.63, 3.8) is 0 Å². The lowest BCUT2D eigenvalue weighted by Gasteiger charge is -2.38. The zero-order valence-electron chi connectivity index (χ0n) is 12.5. The Labute approximate surface area is 124 Å². The molecule has 0 saturated carbocycles. The van der Waals surface area contributed by atoms with Crippen molar-refractivity contribution < 1.29 is 14.3 Å². The van der Waals surface area contributed by atoms with Crippen molar-refractivity contribution in [2.75, 3.05) is 32.6 Å². The second-order valence-electron chi connectivity index (χ2n) is 6.07. The summed E-state index contributed by atoms with van der Waals surface area (Å²) >= 11 is 1.56. The number of methoxy groups -OCH3 is 1. The Balaban J connectivity index is 1.85. The molecule has 0 spiro atoms. The van der Waals surface area contributed by atoms with E-state index in [-0.39, 0.29) is 17.9 Å². The summed E-state index contributed by atoms with van der Waals surface area (Å²) in [6.45, 7) is 6.10. The summed E-state index contributed by atoms with van der Waals surface area (Å²) < 4.78 is 4.74. The third-order valence-electron chi connectivity index (χ3n) is 4.09. The molecule has 2 saturated heterocycles. The average Bonchev–Trinajstić information content (AvgIpc) is 2.42. The SMILES string of the molecule is COCC1CCN(C(=O)C2CSC(C)(C)C(=O)N2)CC1. The molecule has 20 heavy (non-hydrogen) atoms. The molecule has 6 heteroatoms. The number of nitrogens with one attached hydrogen (secondary N) is 1. The standard InChI is InChI=1S/C14H24N2O3S/c1-14(2)13(18)15-11(9-20-14)12(17)16-6-4-10(5-7-16)8-19-3/h10-11H,4-9H2,1-3H3,(H,15,18). The zero-order chi connectivity index (χ0) is 14.8. The molecule has 2 fully saturated rings. The highest BCUT2D eigenvalue weighted by atomic mass is 32.2. The number of ether oxygens (including phenoxy) is 1. The molecule has 0 aliphatic carbocycles. The summed E-state index contributed by atoms with van der Waals surface area (Å²) in [4.78, 5) is 26.3. The van der Waals surface area contributed by atoms with Crippen molar-refractivity contribution in [1.29, 1.82) is 0 Å². The van der Waals surface area contributed by atoms with Crippen molar-refractivity contribution in [1.82, 2.24) is 10.2 Å². The van der Waals surface area contributed by atoms with Crippen molar-refractivity contribution in [3.05, 3.63) is 0 Å². The van der Waals surface area contributed by atoms with Gasteiger partial charge in [0.2, 0.25) is 11.8 Å². The lowest BCUT2D eigenvalue weighted by Crippen LogP contribution is -2.58. The molecule has 0 aromatic rings. The van der Waals surface area contributed by atoms with Crippen LogP contribution < -0.4 is 5.32 Å². The molecule has 0 aromatic carbocycles. The van der Waals surface area contributed by atoms with Gasteiger partial charge in [-0.3, -0.25) is 9.59 Å². The van der Waals surface area contributed by atoms with Crippen molar-refractivity contribution in [3.8, 4) is 0 Å². The molecule has 2 aliphatic heterocycles. The molecule has 1 unspecified atom stereocenters. The predicted molar refractivity (Wildman–Crippen MR) is 79.6 cm³/mol. The van der Waals surface area contributed by atoms with Crippen molar-refractivity contribution in [2.45, 2.75) is 37.5 Å². The van der Waals surface area contributed by atoms with E-state index in [1.54, 1.807) is 18.9 Å². The molecule has 2 aliphatic rings. The molecule has 0 radical (unpaired) electrons. The van der Waals surface area contributed by atoms with Gasteiger partial charge in [-0.25, -0.2) is 0 Å². The molecule has 0 bridgehead atoms. The monoisotopic (exact) mass is 300 g/mol. The number of rotatable bonds is 3. The normalized spacial score (nSPS) is 27.2. The fourth-order valence-electron chi connectivity index (χ4n) is 2.64. The summed E-state index contributed by atoms with van der Waals surface area (Å²) in [6.07, 6.45) is 1.97. The van der Waals surface area contributed by atoms with Crippen LogP contribution in [0.4, 0.5) is 0 Å². The van der Waals surface area contributed by atoms with E-state index in [9.17, 15) is 9.59 Å². The van der Waals surface area contributed by atoms with Crippen LogP contribution in [0.3, 0.4) is 0 Å². The summed E-state index contributed by atoms with van der Waals surface area (Å²) in [5.41, 5.74) is 0. The molecular formula is C14H24N2O3S. The molecule has 2 amide bonds. The molecule has 0 aromatic heterocycles. The van der Waals surface area contributed by atoms with Crippen molar-refractivity contribution in [2.24, 2.45) is 5.92 Å². The van der Waals surface area contributed by atoms with Gasteiger partial charge in [-0.15, -0.1) is 11.8 Å². The van der Waals surface area contributed by atoms with E-state index < -0.39 is 4.75 Å². The number of hydrogen-bond donors (Lipinski definition) is 1. The van der Waals surface area contributed by atoms with Crippen LogP contribution in [0, 0.1) is 5.92 Å². The van der Waals surface area contributed by atoms with Gasteiger partial charge in [0.1, 0.15) is 6.04 Å². The van der Waals surface area contributed by atoms with Crippen LogP contribution in [0.2, 0.25) is 0 Å². The van der Waals surface area contributed by atoms with Crippen LogP contribution in [0.15, 0.2) is 0 Å². The quantitative estimate of drug-likeness (QED) is 0.841. The molecule has 2 rings (SSSR count). The minimum Gasteiger partial charge on any atom is -0.384 e. The van der Waals surface area contributed by atoms with E-state index in [1.807, 2.05) is 18.7 Å². The minimum absolute atomic E-state index is 0.0404.